The molecule has 0 aliphatic rings. The van der Waals surface area contributed by atoms with E-state index in [0.717, 1.165) is 12.1 Å². The summed E-state index contributed by atoms with van der Waals surface area (Å²) in [7, 11) is -2.24. The van der Waals surface area contributed by atoms with E-state index < -0.39 is 15.7 Å². The molecule has 0 saturated heterocycles. The zero-order chi connectivity index (χ0) is 16.3. The number of ketones is 1. The molecule has 0 heterocycles. The van der Waals surface area contributed by atoms with Crippen LogP contribution in [0.15, 0.2) is 47.4 Å². The van der Waals surface area contributed by atoms with E-state index in [1.165, 1.54) is 32.2 Å². The summed E-state index contributed by atoms with van der Waals surface area (Å²) in [4.78, 5) is 11.5. The summed E-state index contributed by atoms with van der Waals surface area (Å²) in [6.07, 6.45) is 0. The minimum Gasteiger partial charge on any atom is -0.496 e. The summed E-state index contributed by atoms with van der Waals surface area (Å²) < 4.78 is 42.9. The quantitative estimate of drug-likeness (QED) is 0.627. The van der Waals surface area contributed by atoms with Gasteiger partial charge in [0.2, 0.25) is 0 Å². The molecule has 4 nitrogen and oxygen atoms in total. The maximum Gasteiger partial charge on any atom is 0.182 e. The lowest BCUT2D eigenvalue weighted by Crippen LogP contribution is -2.07. The van der Waals surface area contributed by atoms with Crippen LogP contribution in [0.3, 0.4) is 0 Å². The third kappa shape index (κ3) is 3.51. The average molecular weight is 322 g/mol. The van der Waals surface area contributed by atoms with Gasteiger partial charge in [0.15, 0.2) is 15.6 Å². The Balaban J connectivity index is 2.42. The summed E-state index contributed by atoms with van der Waals surface area (Å²) in [6, 6.07) is 9.26. The van der Waals surface area contributed by atoms with Gasteiger partial charge in [0.25, 0.3) is 0 Å². The third-order valence-electron chi connectivity index (χ3n) is 3.21. The van der Waals surface area contributed by atoms with E-state index in [4.69, 9.17) is 4.74 Å². The number of ether oxygens (including phenoxy) is 1. The molecule has 0 aliphatic carbocycles. The van der Waals surface area contributed by atoms with Crippen molar-refractivity contribution in [1.29, 1.82) is 0 Å². The normalized spacial score (nSPS) is 11.2. The number of sulfone groups is 1. The van der Waals surface area contributed by atoms with Crippen LogP contribution in [0.4, 0.5) is 4.39 Å². The van der Waals surface area contributed by atoms with Crippen molar-refractivity contribution >= 4 is 15.6 Å². The number of hydrogen-bond donors (Lipinski definition) is 0. The zero-order valence-electron chi connectivity index (χ0n) is 12.2. The highest BCUT2D eigenvalue weighted by atomic mass is 32.2. The van der Waals surface area contributed by atoms with Gasteiger partial charge in [-0.15, -0.1) is 0 Å². The summed E-state index contributed by atoms with van der Waals surface area (Å²) in [6.45, 7) is 1.40. The van der Waals surface area contributed by atoms with Gasteiger partial charge in [-0.2, -0.15) is 0 Å². The highest BCUT2D eigenvalue weighted by Crippen LogP contribution is 2.25. The number of methoxy groups -OCH3 is 1. The van der Waals surface area contributed by atoms with Gasteiger partial charge >= 0.3 is 0 Å². The lowest BCUT2D eigenvalue weighted by atomic mass is 10.1. The van der Waals surface area contributed by atoms with Crippen molar-refractivity contribution in [2.75, 3.05) is 7.11 Å². The highest BCUT2D eigenvalue weighted by Gasteiger charge is 2.19. The van der Waals surface area contributed by atoms with Crippen LogP contribution in [0.1, 0.15) is 22.8 Å². The van der Waals surface area contributed by atoms with E-state index in [2.05, 4.69) is 0 Å². The van der Waals surface area contributed by atoms with Crippen LogP contribution >= 0.6 is 0 Å². The Morgan fingerprint density at radius 3 is 2.32 bits per heavy atom. The highest BCUT2D eigenvalue weighted by molar-refractivity contribution is 7.90. The van der Waals surface area contributed by atoms with Gasteiger partial charge in [0.1, 0.15) is 11.6 Å². The van der Waals surface area contributed by atoms with E-state index in [9.17, 15) is 17.6 Å². The summed E-state index contributed by atoms with van der Waals surface area (Å²) in [5.74, 6) is -0.614. The number of benzene rings is 2. The number of Topliss-reactive ketones (excluding diaryl/α,β-unsaturated/α-hetero) is 1. The number of carbonyl (C=O) groups is 1. The molecule has 0 aromatic heterocycles. The first-order chi connectivity index (χ1) is 10.3. The Bertz CT molecular complexity index is 795. The predicted octanol–water partition coefficient (Wildman–Crippen LogP) is 3.01. The van der Waals surface area contributed by atoms with Crippen LogP contribution < -0.4 is 4.74 Å². The fourth-order valence-corrected chi connectivity index (χ4v) is 3.39. The Kier molecular flexibility index (Phi) is 4.61. The number of halogens is 1. The molecule has 116 valence electrons. The molecule has 22 heavy (non-hydrogen) atoms. The maximum atomic E-state index is 12.9. The van der Waals surface area contributed by atoms with Crippen molar-refractivity contribution in [2.45, 2.75) is 17.6 Å². The number of rotatable bonds is 5. The smallest absolute Gasteiger partial charge is 0.182 e. The molecule has 0 fully saturated rings. The van der Waals surface area contributed by atoms with E-state index in [1.807, 2.05) is 0 Å². The molecule has 2 aromatic rings. The van der Waals surface area contributed by atoms with Crippen molar-refractivity contribution in [3.05, 3.63) is 59.4 Å². The Hall–Kier alpha value is -2.21. The van der Waals surface area contributed by atoms with Crippen LogP contribution in [0.2, 0.25) is 0 Å². The predicted molar refractivity (Wildman–Crippen MR) is 80.3 cm³/mol. The van der Waals surface area contributed by atoms with Crippen molar-refractivity contribution in [1.82, 2.24) is 0 Å². The molecular formula is C16H15FO4S. The van der Waals surface area contributed by atoms with Crippen LogP contribution in [-0.4, -0.2) is 21.3 Å². The van der Waals surface area contributed by atoms with Gasteiger partial charge in [0, 0.05) is 11.1 Å². The summed E-state index contributed by atoms with van der Waals surface area (Å²) in [5, 5.41) is 0. The second kappa shape index (κ2) is 6.27. The van der Waals surface area contributed by atoms with Gasteiger partial charge in [0.05, 0.1) is 17.8 Å². The molecule has 0 spiro atoms. The third-order valence-corrected chi connectivity index (χ3v) is 4.89. The molecule has 0 saturated carbocycles. The van der Waals surface area contributed by atoms with Crippen molar-refractivity contribution in [2.24, 2.45) is 0 Å². The van der Waals surface area contributed by atoms with Gasteiger partial charge < -0.3 is 4.74 Å². The molecule has 0 amide bonds. The van der Waals surface area contributed by atoms with Crippen LogP contribution in [0.25, 0.3) is 0 Å². The monoisotopic (exact) mass is 322 g/mol. The van der Waals surface area contributed by atoms with Gasteiger partial charge in [-0.1, -0.05) is 0 Å². The average Bonchev–Trinajstić information content (AvgIpc) is 2.47. The number of carbonyl (C=O) groups excluding carboxylic acids is 1. The number of hydrogen-bond acceptors (Lipinski definition) is 4. The van der Waals surface area contributed by atoms with E-state index in [1.54, 1.807) is 12.1 Å². The van der Waals surface area contributed by atoms with E-state index in [-0.39, 0.29) is 16.4 Å². The first kappa shape index (κ1) is 16.2. The molecule has 0 aliphatic heterocycles. The second-order valence-corrected chi connectivity index (χ2v) is 6.79. The zero-order valence-corrected chi connectivity index (χ0v) is 13.0. The first-order valence-electron chi connectivity index (χ1n) is 6.49. The molecule has 0 atom stereocenters. The molecule has 6 heteroatoms. The molecule has 0 bridgehead atoms. The molecule has 0 unspecified atom stereocenters. The van der Waals surface area contributed by atoms with Crippen LogP contribution in [0, 0.1) is 5.82 Å². The topological polar surface area (TPSA) is 60.4 Å². The van der Waals surface area contributed by atoms with E-state index >= 15 is 0 Å². The second-order valence-electron chi connectivity index (χ2n) is 4.80. The van der Waals surface area contributed by atoms with Gasteiger partial charge in [-0.3, -0.25) is 4.79 Å². The summed E-state index contributed by atoms with van der Waals surface area (Å²) >= 11 is 0. The molecule has 2 rings (SSSR count). The first-order valence-corrected chi connectivity index (χ1v) is 8.15. The van der Waals surface area contributed by atoms with Crippen molar-refractivity contribution in [3.8, 4) is 5.75 Å². The molecule has 0 radical (unpaired) electrons. The fourth-order valence-electron chi connectivity index (χ4n) is 2.04. The summed E-state index contributed by atoms with van der Waals surface area (Å²) in [5.41, 5.74) is 0.796. The fraction of sp³-hybridized carbons (Fsp3) is 0.188. The molecule has 0 N–H and O–H groups in total. The SMILES string of the molecule is COc1ccc(C(C)=O)cc1CS(=O)(=O)c1ccc(F)cc1. The van der Waals surface area contributed by atoms with Gasteiger partial charge in [-0.05, 0) is 49.4 Å². The molecular weight excluding hydrogens is 307 g/mol. The van der Waals surface area contributed by atoms with Crippen molar-refractivity contribution in [3.63, 3.8) is 0 Å². The standard InChI is InChI=1S/C16H15FO4S/c1-11(18)12-3-8-16(21-2)13(9-12)10-22(19,20)15-6-4-14(17)5-7-15/h3-9H,10H2,1-2H3. The van der Waals surface area contributed by atoms with E-state index in [0.29, 0.717) is 16.9 Å². The Labute approximate surface area is 128 Å². The minimum absolute atomic E-state index is 0.0178. The Morgan fingerprint density at radius 2 is 1.77 bits per heavy atom. The lowest BCUT2D eigenvalue weighted by Gasteiger charge is -2.11. The van der Waals surface area contributed by atoms with Crippen LogP contribution in [-0.2, 0) is 15.6 Å². The van der Waals surface area contributed by atoms with Crippen molar-refractivity contribution < 1.29 is 22.3 Å². The maximum absolute atomic E-state index is 12.9. The van der Waals surface area contributed by atoms with Crippen LogP contribution in [0.5, 0.6) is 5.75 Å². The Morgan fingerprint density at radius 1 is 1.14 bits per heavy atom. The molecule has 2 aromatic carbocycles. The minimum atomic E-state index is -3.66. The van der Waals surface area contributed by atoms with Gasteiger partial charge in [-0.25, -0.2) is 12.8 Å². The largest absolute Gasteiger partial charge is 0.496 e. The lowest BCUT2D eigenvalue weighted by molar-refractivity contribution is 0.101.